The predicted octanol–water partition coefficient (Wildman–Crippen LogP) is 4.69. The highest BCUT2D eigenvalue weighted by Crippen LogP contribution is 2.31. The summed E-state index contributed by atoms with van der Waals surface area (Å²) < 4.78 is 16.3. The van der Waals surface area contributed by atoms with E-state index in [1.54, 1.807) is 7.11 Å². The molecular formula is C31H35N3O7. The van der Waals surface area contributed by atoms with E-state index in [2.05, 4.69) is 5.32 Å². The molecule has 0 radical (unpaired) electrons. The number of benzene rings is 3. The fourth-order valence-electron chi connectivity index (χ4n) is 5.02. The van der Waals surface area contributed by atoms with E-state index in [1.807, 2.05) is 54.6 Å². The summed E-state index contributed by atoms with van der Waals surface area (Å²) in [6.07, 6.45) is 4.28. The standard InChI is InChI=1S/C31H35N3O7/c1-39-25-14-8-11-23(17-25)20-33(30(35)21-41-26-15-16-27(34(37)38)29(19-26)40-2)28(18-22-9-4-3-5-10-22)31(36)32-24-12-6-7-13-24/h3-5,8-11,14-17,19,24,28H,6-7,12-13,18,20-21H2,1-2H3,(H,32,36). The number of carbonyl (C=O) groups is 2. The second-order valence-electron chi connectivity index (χ2n) is 9.95. The van der Waals surface area contributed by atoms with Crippen LogP contribution in [0.25, 0.3) is 0 Å². The molecule has 0 aromatic heterocycles. The third kappa shape index (κ3) is 7.97. The van der Waals surface area contributed by atoms with Crippen LogP contribution in [0.1, 0.15) is 36.8 Å². The lowest BCUT2D eigenvalue weighted by atomic mass is 10.0. The minimum Gasteiger partial charge on any atom is -0.497 e. The Kier molecular flexibility index (Phi) is 10.1. The van der Waals surface area contributed by atoms with E-state index in [0.717, 1.165) is 36.8 Å². The van der Waals surface area contributed by atoms with Crippen molar-refractivity contribution in [1.29, 1.82) is 0 Å². The maximum atomic E-state index is 13.8. The van der Waals surface area contributed by atoms with Crippen molar-refractivity contribution in [2.24, 2.45) is 0 Å². The van der Waals surface area contributed by atoms with Crippen LogP contribution in [-0.2, 0) is 22.6 Å². The Bertz CT molecular complexity index is 1340. The summed E-state index contributed by atoms with van der Waals surface area (Å²) in [5, 5.41) is 14.4. The lowest BCUT2D eigenvalue weighted by molar-refractivity contribution is -0.385. The predicted molar refractivity (Wildman–Crippen MR) is 153 cm³/mol. The molecule has 1 atom stereocenters. The Morgan fingerprint density at radius 3 is 2.37 bits per heavy atom. The zero-order chi connectivity index (χ0) is 29.2. The SMILES string of the molecule is COc1cccc(CN(C(=O)COc2ccc([N+](=O)[O-])c(OC)c2)C(Cc2ccccc2)C(=O)NC2CCCC2)c1. The van der Waals surface area contributed by atoms with Crippen molar-refractivity contribution in [2.45, 2.75) is 50.7 Å². The molecule has 216 valence electrons. The van der Waals surface area contributed by atoms with Crippen molar-refractivity contribution < 1.29 is 28.7 Å². The van der Waals surface area contributed by atoms with Crippen LogP contribution in [0.5, 0.6) is 17.2 Å². The number of ether oxygens (including phenoxy) is 3. The Hall–Kier alpha value is -4.60. The highest BCUT2D eigenvalue weighted by atomic mass is 16.6. The first-order chi connectivity index (χ1) is 19.9. The Balaban J connectivity index is 1.62. The zero-order valence-electron chi connectivity index (χ0n) is 23.3. The molecule has 0 bridgehead atoms. The maximum absolute atomic E-state index is 13.8. The molecule has 10 nitrogen and oxygen atoms in total. The van der Waals surface area contributed by atoms with Gasteiger partial charge in [0.15, 0.2) is 6.61 Å². The minimum atomic E-state index is -0.799. The van der Waals surface area contributed by atoms with Crippen molar-refractivity contribution in [3.63, 3.8) is 0 Å². The summed E-state index contributed by atoms with van der Waals surface area (Å²) in [6, 6.07) is 20.3. The molecular weight excluding hydrogens is 526 g/mol. The van der Waals surface area contributed by atoms with Crippen LogP contribution in [-0.4, -0.2) is 54.5 Å². The second kappa shape index (κ2) is 14.2. The number of amides is 2. The molecule has 1 saturated carbocycles. The summed E-state index contributed by atoms with van der Waals surface area (Å²) in [5.74, 6) is 0.268. The van der Waals surface area contributed by atoms with Gasteiger partial charge in [-0.3, -0.25) is 19.7 Å². The van der Waals surface area contributed by atoms with Crippen LogP contribution in [0.4, 0.5) is 5.69 Å². The first-order valence-electron chi connectivity index (χ1n) is 13.6. The van der Waals surface area contributed by atoms with E-state index in [1.165, 1.54) is 30.2 Å². The third-order valence-corrected chi connectivity index (χ3v) is 7.17. The summed E-state index contributed by atoms with van der Waals surface area (Å²) in [5.41, 5.74) is 1.50. The van der Waals surface area contributed by atoms with Crippen LogP contribution in [0.2, 0.25) is 0 Å². The van der Waals surface area contributed by atoms with Crippen LogP contribution in [0.15, 0.2) is 72.8 Å². The molecule has 0 heterocycles. The largest absolute Gasteiger partial charge is 0.497 e. The fraction of sp³-hybridized carbons (Fsp3) is 0.355. The van der Waals surface area contributed by atoms with Crippen LogP contribution < -0.4 is 19.5 Å². The molecule has 3 aromatic carbocycles. The first kappa shape index (κ1) is 29.4. The Morgan fingerprint density at radius 1 is 0.951 bits per heavy atom. The van der Waals surface area contributed by atoms with E-state index >= 15 is 0 Å². The number of hydrogen-bond acceptors (Lipinski definition) is 7. The van der Waals surface area contributed by atoms with Gasteiger partial charge in [0.25, 0.3) is 5.91 Å². The minimum absolute atomic E-state index is 0.0195. The van der Waals surface area contributed by atoms with Gasteiger partial charge in [-0.25, -0.2) is 0 Å². The van der Waals surface area contributed by atoms with Crippen molar-refractivity contribution >= 4 is 17.5 Å². The highest BCUT2D eigenvalue weighted by Gasteiger charge is 2.32. The van der Waals surface area contributed by atoms with Gasteiger partial charge in [-0.15, -0.1) is 0 Å². The van der Waals surface area contributed by atoms with Gasteiger partial charge in [0.05, 0.1) is 19.1 Å². The third-order valence-electron chi connectivity index (χ3n) is 7.17. The fourth-order valence-corrected chi connectivity index (χ4v) is 5.02. The summed E-state index contributed by atoms with van der Waals surface area (Å²) in [4.78, 5) is 39.8. The number of hydrogen-bond donors (Lipinski definition) is 1. The number of nitrogens with one attached hydrogen (secondary N) is 1. The second-order valence-corrected chi connectivity index (χ2v) is 9.95. The maximum Gasteiger partial charge on any atom is 0.311 e. The van der Waals surface area contributed by atoms with Gasteiger partial charge in [-0.05, 0) is 42.2 Å². The molecule has 0 saturated heterocycles. The average molecular weight is 562 g/mol. The average Bonchev–Trinajstić information content (AvgIpc) is 3.51. The zero-order valence-corrected chi connectivity index (χ0v) is 23.3. The lowest BCUT2D eigenvalue weighted by Gasteiger charge is -2.32. The quantitative estimate of drug-likeness (QED) is 0.237. The van der Waals surface area contributed by atoms with Crippen molar-refractivity contribution in [3.8, 4) is 17.2 Å². The smallest absolute Gasteiger partial charge is 0.311 e. The molecule has 0 spiro atoms. The van der Waals surface area contributed by atoms with Crippen molar-refractivity contribution in [1.82, 2.24) is 10.2 Å². The number of rotatable bonds is 13. The summed E-state index contributed by atoms with van der Waals surface area (Å²) in [6.45, 7) is -0.231. The molecule has 1 aliphatic rings. The van der Waals surface area contributed by atoms with Gasteiger partial charge in [0.1, 0.15) is 17.5 Å². The van der Waals surface area contributed by atoms with E-state index in [-0.39, 0.29) is 42.3 Å². The van der Waals surface area contributed by atoms with E-state index < -0.39 is 16.9 Å². The van der Waals surface area contributed by atoms with Gasteiger partial charge in [0, 0.05) is 31.1 Å². The number of nitrogens with zero attached hydrogens (tertiary/aromatic N) is 2. The molecule has 4 rings (SSSR count). The molecule has 10 heteroatoms. The molecule has 1 fully saturated rings. The number of carbonyl (C=O) groups excluding carboxylic acids is 2. The van der Waals surface area contributed by atoms with Gasteiger partial charge in [-0.1, -0.05) is 55.3 Å². The Morgan fingerprint density at radius 2 is 1.68 bits per heavy atom. The topological polar surface area (TPSA) is 120 Å². The molecule has 3 aromatic rings. The van der Waals surface area contributed by atoms with E-state index in [0.29, 0.717) is 12.2 Å². The Labute approximate surface area is 239 Å². The molecule has 1 aliphatic carbocycles. The normalized spacial score (nSPS) is 13.7. The summed E-state index contributed by atoms with van der Waals surface area (Å²) in [7, 11) is 2.89. The number of methoxy groups -OCH3 is 2. The van der Waals surface area contributed by atoms with Gasteiger partial charge < -0.3 is 24.4 Å². The van der Waals surface area contributed by atoms with E-state index in [9.17, 15) is 19.7 Å². The summed E-state index contributed by atoms with van der Waals surface area (Å²) >= 11 is 0. The first-order valence-corrected chi connectivity index (χ1v) is 13.6. The molecule has 1 N–H and O–H groups in total. The molecule has 41 heavy (non-hydrogen) atoms. The molecule has 2 amide bonds. The molecule has 1 unspecified atom stereocenters. The number of nitro groups is 1. The van der Waals surface area contributed by atoms with E-state index in [4.69, 9.17) is 14.2 Å². The van der Waals surface area contributed by atoms with Crippen molar-refractivity contribution in [3.05, 3.63) is 94.0 Å². The van der Waals surface area contributed by atoms with Gasteiger partial charge in [0.2, 0.25) is 11.7 Å². The highest BCUT2D eigenvalue weighted by molar-refractivity contribution is 5.88. The monoisotopic (exact) mass is 561 g/mol. The van der Waals surface area contributed by atoms with Crippen LogP contribution in [0.3, 0.4) is 0 Å². The lowest BCUT2D eigenvalue weighted by Crippen LogP contribution is -2.53. The molecule has 0 aliphatic heterocycles. The van der Waals surface area contributed by atoms with Gasteiger partial charge >= 0.3 is 5.69 Å². The number of nitro benzene ring substituents is 1. The van der Waals surface area contributed by atoms with Crippen molar-refractivity contribution in [2.75, 3.05) is 20.8 Å². The van der Waals surface area contributed by atoms with Crippen LogP contribution >= 0.6 is 0 Å². The van der Waals surface area contributed by atoms with Crippen LogP contribution in [0, 0.1) is 10.1 Å². The van der Waals surface area contributed by atoms with Gasteiger partial charge in [-0.2, -0.15) is 0 Å².